The zero-order valence-corrected chi connectivity index (χ0v) is 7.80. The van der Waals surface area contributed by atoms with Crippen molar-refractivity contribution in [3.63, 3.8) is 0 Å². The lowest BCUT2D eigenvalue weighted by molar-refractivity contribution is -0.140. The number of pyridine rings is 1. The molecule has 4 nitrogen and oxygen atoms in total. The van der Waals surface area contributed by atoms with E-state index in [9.17, 15) is 9.59 Å². The summed E-state index contributed by atoms with van der Waals surface area (Å²) in [5.41, 5.74) is 0.397. The van der Waals surface area contributed by atoms with E-state index < -0.39 is 11.9 Å². The van der Waals surface area contributed by atoms with Gasteiger partial charge in [0.25, 0.3) is 0 Å². The average Bonchev–Trinajstić information content (AvgIpc) is 2.19. The number of hydrogen-bond donors (Lipinski definition) is 1. The molecule has 0 aliphatic heterocycles. The Kier molecular flexibility index (Phi) is 3.34. The van der Waals surface area contributed by atoms with E-state index in [2.05, 4.69) is 4.98 Å². The lowest BCUT2D eigenvalue weighted by Gasteiger charge is -2.07. The molecule has 0 amide bonds. The molecule has 14 heavy (non-hydrogen) atoms. The van der Waals surface area contributed by atoms with Gasteiger partial charge in [-0.2, -0.15) is 0 Å². The summed E-state index contributed by atoms with van der Waals surface area (Å²) in [7, 11) is 0. The smallest absolute Gasteiger partial charge is 0.314 e. The summed E-state index contributed by atoms with van der Waals surface area (Å²) in [6, 6.07) is 3.04. The van der Waals surface area contributed by atoms with Gasteiger partial charge < -0.3 is 5.11 Å². The molecule has 0 saturated heterocycles. The second kappa shape index (κ2) is 4.50. The molecular formula is C10H11NO3. The van der Waals surface area contributed by atoms with Crippen LogP contribution >= 0.6 is 0 Å². The summed E-state index contributed by atoms with van der Waals surface area (Å²) in [6.07, 6.45) is 3.25. The maximum absolute atomic E-state index is 11.6. The zero-order chi connectivity index (χ0) is 10.6. The van der Waals surface area contributed by atoms with Crippen molar-refractivity contribution in [1.82, 2.24) is 4.98 Å². The third kappa shape index (κ3) is 2.16. The van der Waals surface area contributed by atoms with Crippen LogP contribution in [0, 0.1) is 5.92 Å². The van der Waals surface area contributed by atoms with Gasteiger partial charge in [-0.15, -0.1) is 0 Å². The number of carboxylic acids is 1. The lowest BCUT2D eigenvalue weighted by Crippen LogP contribution is -2.23. The number of carbonyl (C=O) groups excluding carboxylic acids is 1. The zero-order valence-electron chi connectivity index (χ0n) is 7.80. The molecule has 1 N–H and O–H groups in total. The molecule has 0 saturated carbocycles. The molecule has 4 heteroatoms. The van der Waals surface area contributed by atoms with Crippen LogP contribution in [0.5, 0.6) is 0 Å². The molecule has 0 unspecified atom stereocenters. The van der Waals surface area contributed by atoms with Gasteiger partial charge in [-0.3, -0.25) is 14.6 Å². The van der Waals surface area contributed by atoms with Crippen LogP contribution in [-0.4, -0.2) is 21.8 Å². The molecule has 0 aromatic carbocycles. The molecule has 1 aromatic heterocycles. The molecule has 0 aliphatic rings. The number of carboxylic acid groups (broad SMARTS) is 1. The van der Waals surface area contributed by atoms with Gasteiger partial charge in [-0.05, 0) is 18.6 Å². The van der Waals surface area contributed by atoms with Crippen molar-refractivity contribution in [2.75, 3.05) is 0 Å². The number of aliphatic carboxylic acids is 1. The van der Waals surface area contributed by atoms with Gasteiger partial charge in [0, 0.05) is 18.0 Å². The molecular weight excluding hydrogens is 182 g/mol. The Morgan fingerprint density at radius 2 is 2.00 bits per heavy atom. The maximum Gasteiger partial charge on any atom is 0.314 e. The first-order valence-corrected chi connectivity index (χ1v) is 4.33. The second-order valence-electron chi connectivity index (χ2n) is 2.90. The molecule has 74 valence electrons. The largest absolute Gasteiger partial charge is 0.481 e. The number of rotatable bonds is 4. The van der Waals surface area contributed by atoms with Crippen molar-refractivity contribution in [2.45, 2.75) is 13.3 Å². The highest BCUT2D eigenvalue weighted by Crippen LogP contribution is 2.11. The predicted molar refractivity (Wildman–Crippen MR) is 50.0 cm³/mol. The van der Waals surface area contributed by atoms with Crippen LogP contribution in [0.3, 0.4) is 0 Å². The molecule has 1 rings (SSSR count). The summed E-state index contributed by atoms with van der Waals surface area (Å²) in [5.74, 6) is -2.38. The number of aromatic nitrogens is 1. The molecule has 0 radical (unpaired) electrons. The first kappa shape index (κ1) is 10.4. The van der Waals surface area contributed by atoms with Crippen LogP contribution in [0.15, 0.2) is 24.5 Å². The van der Waals surface area contributed by atoms with Crippen LogP contribution in [0.1, 0.15) is 23.7 Å². The summed E-state index contributed by atoms with van der Waals surface area (Å²) >= 11 is 0. The standard InChI is InChI=1S/C10H11NO3/c1-2-8(10(13)14)9(12)7-3-5-11-6-4-7/h3-6,8H,2H2,1H3,(H,13,14)/t8-/m0/s1. The van der Waals surface area contributed by atoms with E-state index in [1.165, 1.54) is 24.5 Å². The van der Waals surface area contributed by atoms with Gasteiger partial charge in [-0.1, -0.05) is 6.92 Å². The van der Waals surface area contributed by atoms with E-state index in [1.807, 2.05) is 0 Å². The lowest BCUT2D eigenvalue weighted by atomic mass is 9.96. The quantitative estimate of drug-likeness (QED) is 0.579. The van der Waals surface area contributed by atoms with Crippen molar-refractivity contribution in [3.05, 3.63) is 30.1 Å². The maximum atomic E-state index is 11.6. The van der Waals surface area contributed by atoms with Crippen LogP contribution in [0.4, 0.5) is 0 Å². The van der Waals surface area contributed by atoms with E-state index in [0.29, 0.717) is 12.0 Å². The van der Waals surface area contributed by atoms with Crippen LogP contribution in [0.25, 0.3) is 0 Å². The van der Waals surface area contributed by atoms with Gasteiger partial charge in [0.2, 0.25) is 0 Å². The first-order chi connectivity index (χ1) is 6.66. The highest BCUT2D eigenvalue weighted by atomic mass is 16.4. The van der Waals surface area contributed by atoms with Gasteiger partial charge >= 0.3 is 5.97 Å². The average molecular weight is 193 g/mol. The van der Waals surface area contributed by atoms with E-state index in [1.54, 1.807) is 6.92 Å². The Morgan fingerprint density at radius 1 is 1.43 bits per heavy atom. The highest BCUT2D eigenvalue weighted by molar-refractivity contribution is 6.08. The van der Waals surface area contributed by atoms with Gasteiger partial charge in [0.15, 0.2) is 5.78 Å². The Balaban J connectivity index is 2.89. The van der Waals surface area contributed by atoms with Crippen molar-refractivity contribution in [3.8, 4) is 0 Å². The summed E-state index contributed by atoms with van der Waals surface area (Å²) in [4.78, 5) is 26.1. The minimum Gasteiger partial charge on any atom is -0.481 e. The van der Waals surface area contributed by atoms with E-state index >= 15 is 0 Å². The second-order valence-corrected chi connectivity index (χ2v) is 2.90. The monoisotopic (exact) mass is 193 g/mol. The molecule has 0 aliphatic carbocycles. The minimum absolute atomic E-state index is 0.302. The predicted octanol–water partition coefficient (Wildman–Crippen LogP) is 1.38. The molecule has 0 fully saturated rings. The Morgan fingerprint density at radius 3 is 2.43 bits per heavy atom. The van der Waals surface area contributed by atoms with Crippen LogP contribution in [-0.2, 0) is 4.79 Å². The summed E-state index contributed by atoms with van der Waals surface area (Å²) in [6.45, 7) is 1.68. The van der Waals surface area contributed by atoms with E-state index in [-0.39, 0.29) is 5.78 Å². The van der Waals surface area contributed by atoms with Crippen molar-refractivity contribution in [1.29, 1.82) is 0 Å². The number of nitrogens with zero attached hydrogens (tertiary/aromatic N) is 1. The van der Waals surface area contributed by atoms with Crippen molar-refractivity contribution < 1.29 is 14.7 Å². The summed E-state index contributed by atoms with van der Waals surface area (Å²) < 4.78 is 0. The van der Waals surface area contributed by atoms with Crippen molar-refractivity contribution >= 4 is 11.8 Å². The minimum atomic E-state index is -1.07. The fourth-order valence-electron chi connectivity index (χ4n) is 1.19. The molecule has 0 bridgehead atoms. The SMILES string of the molecule is CC[C@H](C(=O)O)C(=O)c1ccncc1. The molecule has 1 aromatic rings. The van der Waals surface area contributed by atoms with E-state index in [0.717, 1.165) is 0 Å². The fourth-order valence-corrected chi connectivity index (χ4v) is 1.19. The van der Waals surface area contributed by atoms with E-state index in [4.69, 9.17) is 5.11 Å². The third-order valence-corrected chi connectivity index (χ3v) is 1.99. The number of carbonyl (C=O) groups is 2. The Hall–Kier alpha value is -1.71. The number of Topliss-reactive ketones (excluding diaryl/α,β-unsaturated/α-hetero) is 1. The number of ketones is 1. The topological polar surface area (TPSA) is 67.3 Å². The fraction of sp³-hybridized carbons (Fsp3) is 0.300. The van der Waals surface area contributed by atoms with Gasteiger partial charge in [-0.25, -0.2) is 0 Å². The third-order valence-electron chi connectivity index (χ3n) is 1.99. The Labute approximate surface area is 81.6 Å². The first-order valence-electron chi connectivity index (χ1n) is 4.33. The van der Waals surface area contributed by atoms with Crippen LogP contribution in [0.2, 0.25) is 0 Å². The van der Waals surface area contributed by atoms with Crippen LogP contribution < -0.4 is 0 Å². The van der Waals surface area contributed by atoms with Crippen molar-refractivity contribution in [2.24, 2.45) is 5.92 Å². The molecule has 0 spiro atoms. The summed E-state index contributed by atoms with van der Waals surface area (Å²) in [5, 5.41) is 8.77. The Bertz CT molecular complexity index is 334. The van der Waals surface area contributed by atoms with Gasteiger partial charge in [0.1, 0.15) is 5.92 Å². The normalized spacial score (nSPS) is 12.1. The highest BCUT2D eigenvalue weighted by Gasteiger charge is 2.24. The van der Waals surface area contributed by atoms with Gasteiger partial charge in [0.05, 0.1) is 0 Å². The molecule has 1 heterocycles. The molecule has 1 atom stereocenters. The number of hydrogen-bond acceptors (Lipinski definition) is 3.